The van der Waals surface area contributed by atoms with Gasteiger partial charge in [0, 0.05) is 42.9 Å². The van der Waals surface area contributed by atoms with Crippen molar-refractivity contribution in [3.8, 4) is 32.0 Å². The Morgan fingerprint density at radius 1 is 0.404 bits per heavy atom. The Hall–Kier alpha value is -5.90. The van der Waals surface area contributed by atoms with E-state index in [-0.39, 0.29) is 0 Å². The van der Waals surface area contributed by atoms with E-state index in [0.717, 1.165) is 44.4 Å². The lowest BCUT2D eigenvalue weighted by Gasteiger charge is -2.27. The maximum Gasteiger partial charge on any atom is 0.143 e. The molecule has 0 radical (unpaired) electrons. The summed E-state index contributed by atoms with van der Waals surface area (Å²) >= 11 is 1.82. The quantitative estimate of drug-likeness (QED) is 0.184. The Balaban J connectivity index is 1.02. The van der Waals surface area contributed by atoms with Crippen LogP contribution in [0, 0.1) is 0 Å². The van der Waals surface area contributed by atoms with Gasteiger partial charge in [0.25, 0.3) is 0 Å². The molecule has 0 spiro atoms. The van der Waals surface area contributed by atoms with Gasteiger partial charge in [-0.25, -0.2) is 0 Å². The van der Waals surface area contributed by atoms with E-state index in [9.17, 15) is 0 Å². The maximum absolute atomic E-state index is 6.30. The zero-order chi connectivity index (χ0) is 31.2. The van der Waals surface area contributed by atoms with Crippen molar-refractivity contribution in [1.82, 2.24) is 0 Å². The van der Waals surface area contributed by atoms with Crippen molar-refractivity contribution in [3.63, 3.8) is 0 Å². The molecule has 222 valence electrons. The Bertz CT molecular complexity index is 2500. The van der Waals surface area contributed by atoms with Gasteiger partial charge in [-0.1, -0.05) is 127 Å². The van der Waals surface area contributed by atoms with Crippen LogP contribution in [0.5, 0.6) is 0 Å². The fourth-order valence-corrected chi connectivity index (χ4v) is 7.64. The van der Waals surface area contributed by atoms with Crippen LogP contribution in [-0.4, -0.2) is 0 Å². The first-order valence-electron chi connectivity index (χ1n) is 15.8. The fourth-order valence-electron chi connectivity index (χ4n) is 6.62. The molecule has 2 nitrogen and oxygen atoms in total. The van der Waals surface area contributed by atoms with Crippen LogP contribution in [0.1, 0.15) is 0 Å². The van der Waals surface area contributed by atoms with Crippen LogP contribution in [-0.2, 0) is 0 Å². The topological polar surface area (TPSA) is 16.4 Å². The van der Waals surface area contributed by atoms with Crippen LogP contribution >= 0.6 is 11.3 Å². The minimum atomic E-state index is 0.923. The van der Waals surface area contributed by atoms with Crippen molar-refractivity contribution in [1.29, 1.82) is 0 Å². The van der Waals surface area contributed by atoms with Crippen LogP contribution in [0.25, 0.3) is 64.7 Å². The molecule has 7 aromatic carbocycles. The highest BCUT2D eigenvalue weighted by molar-refractivity contribution is 7.18. The Morgan fingerprint density at radius 2 is 0.979 bits per heavy atom. The second-order valence-corrected chi connectivity index (χ2v) is 12.8. The molecule has 0 amide bonds. The number of rotatable bonds is 6. The average molecular weight is 620 g/mol. The molecule has 3 heteroatoms. The minimum absolute atomic E-state index is 0.923. The van der Waals surface area contributed by atoms with Gasteiger partial charge in [-0.15, -0.1) is 11.3 Å². The van der Waals surface area contributed by atoms with Gasteiger partial charge < -0.3 is 9.32 Å². The number of hydrogen-bond donors (Lipinski definition) is 0. The van der Waals surface area contributed by atoms with Gasteiger partial charge in [0.15, 0.2) is 0 Å². The van der Waals surface area contributed by atoms with Gasteiger partial charge >= 0.3 is 0 Å². The standard InChI is InChI=1S/C44H29NOS/c1-2-12-34(13-3-1)45(40-18-8-11-30-10-4-5-14-36(30)40)35-26-24-33(25-27-35)43-29-28-42(47-43)32-22-20-31(21-23-32)37-16-9-17-39-38-15-6-7-19-41(38)46-44(37)39/h1-29H. The smallest absolute Gasteiger partial charge is 0.143 e. The van der Waals surface area contributed by atoms with E-state index < -0.39 is 0 Å². The largest absolute Gasteiger partial charge is 0.455 e. The Morgan fingerprint density at radius 3 is 1.77 bits per heavy atom. The highest BCUT2D eigenvalue weighted by Crippen LogP contribution is 2.41. The summed E-state index contributed by atoms with van der Waals surface area (Å²) in [6, 6.07) is 62.6. The van der Waals surface area contributed by atoms with Crippen molar-refractivity contribution in [2.24, 2.45) is 0 Å². The van der Waals surface area contributed by atoms with E-state index in [1.807, 2.05) is 23.5 Å². The zero-order valence-corrected chi connectivity index (χ0v) is 26.3. The van der Waals surface area contributed by atoms with Gasteiger partial charge in [0.05, 0.1) is 5.69 Å². The first-order valence-corrected chi connectivity index (χ1v) is 16.7. The van der Waals surface area contributed by atoms with Crippen LogP contribution in [0.2, 0.25) is 0 Å². The van der Waals surface area contributed by atoms with Crippen LogP contribution in [0.15, 0.2) is 180 Å². The van der Waals surface area contributed by atoms with Gasteiger partial charge in [-0.2, -0.15) is 0 Å². The maximum atomic E-state index is 6.30. The lowest BCUT2D eigenvalue weighted by molar-refractivity contribution is 0.670. The fraction of sp³-hybridized carbons (Fsp3) is 0. The van der Waals surface area contributed by atoms with Crippen LogP contribution in [0.4, 0.5) is 17.1 Å². The second-order valence-electron chi connectivity index (χ2n) is 11.7. The van der Waals surface area contributed by atoms with Crippen molar-refractivity contribution in [2.45, 2.75) is 0 Å². The number of para-hydroxylation sites is 3. The van der Waals surface area contributed by atoms with E-state index in [4.69, 9.17) is 4.42 Å². The van der Waals surface area contributed by atoms with Gasteiger partial charge in [-0.05, 0) is 70.6 Å². The number of benzene rings is 7. The SMILES string of the molecule is c1ccc(N(c2ccc(-c3ccc(-c4ccc(-c5cccc6c5oc5ccccc56)cc4)s3)cc2)c2cccc3ccccc23)cc1. The van der Waals surface area contributed by atoms with E-state index in [1.165, 1.54) is 37.3 Å². The molecule has 0 aliphatic rings. The Labute approximate surface area is 277 Å². The number of nitrogens with zero attached hydrogens (tertiary/aromatic N) is 1. The molecule has 0 fully saturated rings. The van der Waals surface area contributed by atoms with Crippen molar-refractivity contribution in [2.75, 3.05) is 4.90 Å². The summed E-state index contributed by atoms with van der Waals surface area (Å²) in [5, 5.41) is 4.76. The average Bonchev–Trinajstić information content (AvgIpc) is 3.79. The second kappa shape index (κ2) is 11.5. The third-order valence-corrected chi connectivity index (χ3v) is 10.1. The molecule has 0 aliphatic heterocycles. The molecule has 0 N–H and O–H groups in total. The summed E-state index contributed by atoms with van der Waals surface area (Å²) in [4.78, 5) is 4.85. The predicted molar refractivity (Wildman–Crippen MR) is 200 cm³/mol. The summed E-state index contributed by atoms with van der Waals surface area (Å²) < 4.78 is 6.30. The molecule has 47 heavy (non-hydrogen) atoms. The molecule has 2 heterocycles. The van der Waals surface area contributed by atoms with Crippen molar-refractivity contribution < 1.29 is 4.42 Å². The first-order chi connectivity index (χ1) is 23.3. The number of hydrogen-bond acceptors (Lipinski definition) is 3. The van der Waals surface area contributed by atoms with E-state index in [2.05, 4.69) is 169 Å². The molecule has 9 rings (SSSR count). The van der Waals surface area contributed by atoms with Gasteiger partial charge in [0.1, 0.15) is 11.2 Å². The molecular formula is C44H29NOS. The van der Waals surface area contributed by atoms with Gasteiger partial charge in [-0.3, -0.25) is 0 Å². The molecule has 0 saturated heterocycles. The monoisotopic (exact) mass is 619 g/mol. The summed E-state index contributed by atoms with van der Waals surface area (Å²) in [6.45, 7) is 0. The molecule has 2 aromatic heterocycles. The summed E-state index contributed by atoms with van der Waals surface area (Å²) in [7, 11) is 0. The lowest BCUT2D eigenvalue weighted by atomic mass is 10.0. The number of thiophene rings is 1. The highest BCUT2D eigenvalue weighted by Gasteiger charge is 2.16. The molecule has 0 aliphatic carbocycles. The predicted octanol–water partition coefficient (Wildman–Crippen LogP) is 13.3. The van der Waals surface area contributed by atoms with Crippen LogP contribution in [0.3, 0.4) is 0 Å². The molecule has 0 atom stereocenters. The number of anilines is 3. The van der Waals surface area contributed by atoms with Crippen LogP contribution < -0.4 is 4.90 Å². The number of fused-ring (bicyclic) bond motifs is 4. The zero-order valence-electron chi connectivity index (χ0n) is 25.5. The van der Waals surface area contributed by atoms with Crippen molar-refractivity contribution in [3.05, 3.63) is 176 Å². The molecule has 0 bridgehead atoms. The first kappa shape index (κ1) is 27.4. The van der Waals surface area contributed by atoms with E-state index in [1.54, 1.807) is 0 Å². The summed E-state index contributed by atoms with van der Waals surface area (Å²) in [6.07, 6.45) is 0. The molecule has 0 unspecified atom stereocenters. The number of furan rings is 1. The summed E-state index contributed by atoms with van der Waals surface area (Å²) in [5.41, 5.74) is 9.99. The third kappa shape index (κ3) is 4.89. The minimum Gasteiger partial charge on any atom is -0.455 e. The van der Waals surface area contributed by atoms with Gasteiger partial charge in [0.2, 0.25) is 0 Å². The third-order valence-electron chi connectivity index (χ3n) is 8.92. The summed E-state index contributed by atoms with van der Waals surface area (Å²) in [5.74, 6) is 0. The van der Waals surface area contributed by atoms with Crippen molar-refractivity contribution >= 4 is 61.1 Å². The normalized spacial score (nSPS) is 11.4. The molecular weight excluding hydrogens is 591 g/mol. The Kier molecular flexibility index (Phi) is 6.69. The van der Waals surface area contributed by atoms with E-state index in [0.29, 0.717) is 0 Å². The lowest BCUT2D eigenvalue weighted by Crippen LogP contribution is -2.10. The highest BCUT2D eigenvalue weighted by atomic mass is 32.1. The molecule has 9 aromatic rings. The molecule has 0 saturated carbocycles. The van der Waals surface area contributed by atoms with E-state index >= 15 is 0 Å².